The lowest BCUT2D eigenvalue weighted by atomic mass is 10.3. The molecule has 0 unspecified atom stereocenters. The van der Waals surface area contributed by atoms with Crippen molar-refractivity contribution in [1.82, 2.24) is 19.5 Å². The summed E-state index contributed by atoms with van der Waals surface area (Å²) in [5.74, 6) is 0.505. The second-order valence-corrected chi connectivity index (χ2v) is 6.13. The van der Waals surface area contributed by atoms with E-state index in [0.717, 1.165) is 11.3 Å². The molecule has 20 heavy (non-hydrogen) atoms. The predicted molar refractivity (Wildman–Crippen MR) is 75.8 cm³/mol. The SMILES string of the molecule is CNc1cc(S(=O)(=O)NCc2cn(C)nc2C)ccn1. The molecule has 7 nitrogen and oxygen atoms in total. The van der Waals surface area contributed by atoms with Crippen LogP contribution in [-0.4, -0.2) is 30.2 Å². The Kier molecular flexibility index (Phi) is 4.05. The van der Waals surface area contributed by atoms with Gasteiger partial charge in [0.25, 0.3) is 0 Å². The van der Waals surface area contributed by atoms with Crippen LogP contribution in [0, 0.1) is 6.92 Å². The number of nitrogens with zero attached hydrogens (tertiary/aromatic N) is 3. The molecule has 2 aromatic rings. The lowest BCUT2D eigenvalue weighted by molar-refractivity contribution is 0.581. The molecule has 0 atom stereocenters. The third kappa shape index (κ3) is 3.14. The van der Waals surface area contributed by atoms with Gasteiger partial charge in [-0.05, 0) is 13.0 Å². The largest absolute Gasteiger partial charge is 0.373 e. The molecule has 0 aliphatic heterocycles. The fourth-order valence-corrected chi connectivity index (χ4v) is 2.81. The van der Waals surface area contributed by atoms with Crippen LogP contribution in [0.25, 0.3) is 0 Å². The van der Waals surface area contributed by atoms with E-state index in [4.69, 9.17) is 0 Å². The van der Waals surface area contributed by atoms with Crippen LogP contribution in [0.4, 0.5) is 5.82 Å². The predicted octanol–water partition coefficient (Wildman–Crippen LogP) is 0.644. The molecule has 2 heterocycles. The topological polar surface area (TPSA) is 88.9 Å². The Balaban J connectivity index is 2.17. The zero-order valence-electron chi connectivity index (χ0n) is 11.6. The molecule has 0 spiro atoms. The molecule has 2 aromatic heterocycles. The zero-order chi connectivity index (χ0) is 14.8. The third-order valence-corrected chi connectivity index (χ3v) is 4.26. The number of aromatic nitrogens is 3. The maximum absolute atomic E-state index is 12.2. The number of sulfonamides is 1. The summed E-state index contributed by atoms with van der Waals surface area (Å²) in [6.07, 6.45) is 3.25. The first-order chi connectivity index (χ1) is 9.42. The van der Waals surface area contributed by atoms with Gasteiger partial charge in [0, 0.05) is 44.7 Å². The number of nitrogens with one attached hydrogen (secondary N) is 2. The van der Waals surface area contributed by atoms with Crippen LogP contribution in [0.1, 0.15) is 11.3 Å². The van der Waals surface area contributed by atoms with Crippen LogP contribution in [-0.2, 0) is 23.6 Å². The molecule has 0 aliphatic carbocycles. The highest BCUT2D eigenvalue weighted by molar-refractivity contribution is 7.89. The molecule has 0 amide bonds. The molecular weight excluding hydrogens is 278 g/mol. The van der Waals surface area contributed by atoms with Crippen molar-refractivity contribution in [2.45, 2.75) is 18.4 Å². The van der Waals surface area contributed by atoms with Crippen LogP contribution >= 0.6 is 0 Å². The molecule has 0 saturated heterocycles. The lowest BCUT2D eigenvalue weighted by Gasteiger charge is -2.07. The fraction of sp³-hybridized carbons (Fsp3) is 0.333. The monoisotopic (exact) mass is 295 g/mol. The summed E-state index contributed by atoms with van der Waals surface area (Å²) >= 11 is 0. The Morgan fingerprint density at radius 2 is 2.15 bits per heavy atom. The van der Waals surface area contributed by atoms with Crippen molar-refractivity contribution in [3.05, 3.63) is 35.8 Å². The van der Waals surface area contributed by atoms with Gasteiger partial charge in [0.1, 0.15) is 5.82 Å². The van der Waals surface area contributed by atoms with E-state index in [1.54, 1.807) is 25.0 Å². The van der Waals surface area contributed by atoms with Crippen LogP contribution in [0.2, 0.25) is 0 Å². The van der Waals surface area contributed by atoms with Gasteiger partial charge in [0.2, 0.25) is 10.0 Å². The third-order valence-electron chi connectivity index (χ3n) is 2.87. The first-order valence-electron chi connectivity index (χ1n) is 6.05. The van der Waals surface area contributed by atoms with Crippen molar-refractivity contribution >= 4 is 15.8 Å². The number of anilines is 1. The highest BCUT2D eigenvalue weighted by Crippen LogP contribution is 2.13. The standard InChI is InChI=1S/C12H17N5O2S/c1-9-10(8-17(3)16-9)7-15-20(18,19)11-4-5-14-12(6-11)13-2/h4-6,8,15H,7H2,1-3H3,(H,13,14). The molecule has 0 aliphatic rings. The summed E-state index contributed by atoms with van der Waals surface area (Å²) in [6.45, 7) is 2.05. The van der Waals surface area contributed by atoms with Crippen molar-refractivity contribution in [3.63, 3.8) is 0 Å². The summed E-state index contributed by atoms with van der Waals surface area (Å²) in [4.78, 5) is 4.17. The summed E-state index contributed by atoms with van der Waals surface area (Å²) in [5.41, 5.74) is 1.65. The molecule has 0 saturated carbocycles. The van der Waals surface area contributed by atoms with Gasteiger partial charge in [0.15, 0.2) is 0 Å². The Morgan fingerprint density at radius 1 is 1.40 bits per heavy atom. The molecule has 2 rings (SSSR count). The van der Waals surface area contributed by atoms with E-state index in [1.165, 1.54) is 18.3 Å². The smallest absolute Gasteiger partial charge is 0.241 e. The van der Waals surface area contributed by atoms with E-state index in [-0.39, 0.29) is 11.4 Å². The minimum absolute atomic E-state index is 0.179. The van der Waals surface area contributed by atoms with Crippen molar-refractivity contribution in [2.75, 3.05) is 12.4 Å². The van der Waals surface area contributed by atoms with Crippen LogP contribution < -0.4 is 10.0 Å². The lowest BCUT2D eigenvalue weighted by Crippen LogP contribution is -2.23. The molecular formula is C12H17N5O2S. The van der Waals surface area contributed by atoms with Crippen molar-refractivity contribution in [1.29, 1.82) is 0 Å². The van der Waals surface area contributed by atoms with Crippen LogP contribution in [0.5, 0.6) is 0 Å². The highest BCUT2D eigenvalue weighted by Gasteiger charge is 2.15. The van der Waals surface area contributed by atoms with E-state index in [9.17, 15) is 8.42 Å². The second kappa shape index (κ2) is 5.59. The van der Waals surface area contributed by atoms with Crippen molar-refractivity contribution < 1.29 is 8.42 Å². The van der Waals surface area contributed by atoms with Crippen LogP contribution in [0.15, 0.2) is 29.4 Å². The molecule has 0 bridgehead atoms. The van der Waals surface area contributed by atoms with Gasteiger partial charge in [0.05, 0.1) is 10.6 Å². The van der Waals surface area contributed by atoms with E-state index in [1.807, 2.05) is 6.92 Å². The Hall–Kier alpha value is -1.93. The van der Waals surface area contributed by atoms with E-state index >= 15 is 0 Å². The Labute approximate surface area is 118 Å². The number of hydrogen-bond donors (Lipinski definition) is 2. The summed E-state index contributed by atoms with van der Waals surface area (Å²) < 4.78 is 28.6. The summed E-state index contributed by atoms with van der Waals surface area (Å²) in [6, 6.07) is 2.94. The van der Waals surface area contributed by atoms with E-state index in [2.05, 4.69) is 20.1 Å². The first kappa shape index (κ1) is 14.5. The fourth-order valence-electron chi connectivity index (χ4n) is 1.79. The zero-order valence-corrected chi connectivity index (χ0v) is 12.4. The van der Waals surface area contributed by atoms with Gasteiger partial charge in [-0.3, -0.25) is 4.68 Å². The van der Waals surface area contributed by atoms with Crippen molar-refractivity contribution in [3.8, 4) is 0 Å². The highest BCUT2D eigenvalue weighted by atomic mass is 32.2. The molecule has 2 N–H and O–H groups in total. The number of pyridine rings is 1. The van der Waals surface area contributed by atoms with Crippen LogP contribution in [0.3, 0.4) is 0 Å². The van der Waals surface area contributed by atoms with Gasteiger partial charge in [-0.25, -0.2) is 18.1 Å². The molecule has 0 aromatic carbocycles. The molecule has 8 heteroatoms. The summed E-state index contributed by atoms with van der Waals surface area (Å²) in [7, 11) is -0.0813. The molecule has 0 radical (unpaired) electrons. The van der Waals surface area contributed by atoms with Gasteiger partial charge >= 0.3 is 0 Å². The van der Waals surface area contributed by atoms with Gasteiger partial charge in [-0.2, -0.15) is 5.10 Å². The van der Waals surface area contributed by atoms with E-state index < -0.39 is 10.0 Å². The average molecular weight is 295 g/mol. The normalized spacial score (nSPS) is 11.6. The molecule has 108 valence electrons. The second-order valence-electron chi connectivity index (χ2n) is 4.36. The van der Waals surface area contributed by atoms with Gasteiger partial charge < -0.3 is 5.32 Å². The quantitative estimate of drug-likeness (QED) is 0.845. The molecule has 0 fully saturated rings. The van der Waals surface area contributed by atoms with Crippen molar-refractivity contribution in [2.24, 2.45) is 7.05 Å². The van der Waals surface area contributed by atoms with E-state index in [0.29, 0.717) is 5.82 Å². The Bertz CT molecular complexity index is 708. The first-order valence-corrected chi connectivity index (χ1v) is 7.53. The van der Waals surface area contributed by atoms with Gasteiger partial charge in [-0.1, -0.05) is 0 Å². The number of rotatable bonds is 5. The Morgan fingerprint density at radius 3 is 2.75 bits per heavy atom. The number of hydrogen-bond acceptors (Lipinski definition) is 5. The minimum atomic E-state index is -3.57. The number of aryl methyl sites for hydroxylation is 2. The maximum Gasteiger partial charge on any atom is 0.241 e. The minimum Gasteiger partial charge on any atom is -0.373 e. The van der Waals surface area contributed by atoms with Gasteiger partial charge in [-0.15, -0.1) is 0 Å². The summed E-state index contributed by atoms with van der Waals surface area (Å²) in [5, 5.41) is 6.98. The average Bonchev–Trinajstić information content (AvgIpc) is 2.75. The maximum atomic E-state index is 12.2.